The normalized spacial score (nSPS) is 19.1. The zero-order valence-corrected chi connectivity index (χ0v) is 50.7. The van der Waals surface area contributed by atoms with Crippen molar-refractivity contribution in [1.29, 1.82) is 0 Å². The minimum Gasteiger partial charge on any atom is -0.461 e. The van der Waals surface area contributed by atoms with E-state index in [1.165, 1.54) is 164 Å². The lowest BCUT2D eigenvalue weighted by molar-refractivity contribution is -0.149. The lowest BCUT2D eigenvalue weighted by atomic mass is 9.86. The van der Waals surface area contributed by atoms with Crippen molar-refractivity contribution in [3.05, 3.63) is 60.7 Å². The number of esters is 2. The minimum atomic E-state index is -2.58. The van der Waals surface area contributed by atoms with Gasteiger partial charge in [0.15, 0.2) is 0 Å². The van der Waals surface area contributed by atoms with Crippen molar-refractivity contribution in [3.63, 3.8) is 0 Å². The van der Waals surface area contributed by atoms with Crippen LogP contribution in [0.1, 0.15) is 253 Å². The van der Waals surface area contributed by atoms with E-state index in [-0.39, 0.29) is 35.3 Å². The molecule has 0 amide bonds. The highest BCUT2D eigenvalue weighted by atomic mass is 32.2. The number of nitrogens with one attached hydrogen (secondary N) is 1. The smallest absolute Gasteiger partial charge is 0.306 e. The van der Waals surface area contributed by atoms with Crippen LogP contribution >= 0.6 is 23.5 Å². The molecule has 0 saturated heterocycles. The maximum Gasteiger partial charge on any atom is 0.306 e. The molecule has 0 aliphatic heterocycles. The highest BCUT2D eigenvalue weighted by Gasteiger charge is 2.53. The van der Waals surface area contributed by atoms with Gasteiger partial charge in [-0.2, -0.15) is 23.5 Å². The molecule has 3 aliphatic rings. The number of ether oxygens (including phenoxy) is 2. The Labute approximate surface area is 464 Å². The number of carbonyl (C=O) groups excluding carboxylic acids is 2. The second-order valence-electron chi connectivity index (χ2n) is 24.3. The summed E-state index contributed by atoms with van der Waals surface area (Å²) in [6.45, 7) is 11.7. The summed E-state index contributed by atoms with van der Waals surface area (Å²) in [6, 6.07) is 23.3. The van der Waals surface area contributed by atoms with E-state index in [4.69, 9.17) is 13.9 Å². The van der Waals surface area contributed by atoms with Crippen molar-refractivity contribution in [1.82, 2.24) is 5.32 Å². The van der Waals surface area contributed by atoms with Crippen molar-refractivity contribution in [3.8, 4) is 0 Å². The summed E-state index contributed by atoms with van der Waals surface area (Å²) in [4.78, 5) is 26.0. The Morgan fingerprint density at radius 2 is 0.986 bits per heavy atom. The van der Waals surface area contributed by atoms with Crippen LogP contribution in [0, 0.1) is 11.8 Å². The van der Waals surface area contributed by atoms with E-state index in [0.717, 1.165) is 86.2 Å². The molecule has 0 bridgehead atoms. The molecule has 3 fully saturated rings. The van der Waals surface area contributed by atoms with Crippen molar-refractivity contribution >= 4 is 54.2 Å². The third-order valence-electron chi connectivity index (χ3n) is 16.9. The molecule has 6 nitrogen and oxygen atoms in total. The molecule has 2 atom stereocenters. The van der Waals surface area contributed by atoms with Crippen molar-refractivity contribution in [2.45, 2.75) is 288 Å². The standard InChI is InChI=1S/C65H109NO5S2Si/c1-6-8-10-24-38-58(69-63(67)46-44-54-32-18-12-19-33-54)52-72-48-30-16-22-36-56(37-23-17-31-49-73-53-59(39-25-11-9-7-2)70-64(68)47-45-55-34-20-13-21-35-55)66-57-50-60(51-57)71-74(65(3,4)5,61-40-26-14-27-41-61)62-42-28-15-29-43-62/h14-15,26-29,40-43,54-60,66H,6-13,16-25,30-39,44-53H2,1-5H3. The number of benzene rings is 2. The Hall–Kier alpha value is -1.78. The maximum absolute atomic E-state index is 13.0. The molecule has 2 unspecified atom stereocenters. The van der Waals surface area contributed by atoms with Gasteiger partial charge >= 0.3 is 11.9 Å². The lowest BCUT2D eigenvalue weighted by Gasteiger charge is -2.49. The van der Waals surface area contributed by atoms with Gasteiger partial charge in [0.25, 0.3) is 8.32 Å². The molecule has 2 aromatic rings. The number of unbranched alkanes of at least 4 members (excludes halogenated alkanes) is 10. The van der Waals surface area contributed by atoms with Crippen LogP contribution in [0.3, 0.4) is 0 Å². The predicted molar refractivity (Wildman–Crippen MR) is 323 cm³/mol. The molecular weight excluding hydrogens is 967 g/mol. The first-order valence-corrected chi connectivity index (χ1v) is 35.4. The fraction of sp³-hybridized carbons (Fsp3) is 0.785. The van der Waals surface area contributed by atoms with Crippen LogP contribution in [0.25, 0.3) is 0 Å². The SMILES string of the molecule is CCCCCCC(CSCCCCCC(CCCCCSCC(CCCCCC)OC(=O)CCC1CCCCC1)NC1CC(O[Si](c2ccccc2)(c2ccccc2)C(C)(C)C)C1)OC(=O)CCC1CCCCC1. The average Bonchev–Trinajstić information content (AvgIpc) is 3.40. The van der Waals surface area contributed by atoms with Crippen molar-refractivity contribution in [2.75, 3.05) is 23.0 Å². The highest BCUT2D eigenvalue weighted by molar-refractivity contribution is 7.99. The molecule has 3 saturated carbocycles. The van der Waals surface area contributed by atoms with Gasteiger partial charge < -0.3 is 19.2 Å². The first-order chi connectivity index (χ1) is 36.1. The molecule has 1 N–H and O–H groups in total. The van der Waals surface area contributed by atoms with Gasteiger partial charge in [-0.15, -0.1) is 0 Å². The van der Waals surface area contributed by atoms with E-state index in [0.29, 0.717) is 24.9 Å². The number of rotatable bonds is 40. The van der Waals surface area contributed by atoms with E-state index in [1.807, 2.05) is 23.5 Å². The maximum atomic E-state index is 13.0. The second kappa shape index (κ2) is 37.2. The number of hydrogen-bond acceptors (Lipinski definition) is 8. The van der Waals surface area contributed by atoms with Crippen LogP contribution in [0.2, 0.25) is 5.04 Å². The Kier molecular flexibility index (Phi) is 31.7. The van der Waals surface area contributed by atoms with Crippen LogP contribution in [0.4, 0.5) is 0 Å². The van der Waals surface area contributed by atoms with E-state index < -0.39 is 8.32 Å². The average molecular weight is 1080 g/mol. The van der Waals surface area contributed by atoms with Crippen LogP contribution in [0.15, 0.2) is 60.7 Å². The molecular formula is C65H109NO5S2Si. The summed E-state index contributed by atoms with van der Waals surface area (Å²) in [5, 5.41) is 6.92. The van der Waals surface area contributed by atoms with Gasteiger partial charge in [0.1, 0.15) is 12.2 Å². The summed E-state index contributed by atoms with van der Waals surface area (Å²) in [7, 11) is -2.58. The van der Waals surface area contributed by atoms with Gasteiger partial charge in [-0.05, 0) is 116 Å². The van der Waals surface area contributed by atoms with Crippen LogP contribution in [-0.2, 0) is 23.5 Å². The quantitative estimate of drug-likeness (QED) is 0.0402. The largest absolute Gasteiger partial charge is 0.461 e. The zero-order chi connectivity index (χ0) is 52.5. The van der Waals surface area contributed by atoms with Gasteiger partial charge in [-0.3, -0.25) is 9.59 Å². The molecule has 0 heterocycles. The van der Waals surface area contributed by atoms with Crippen molar-refractivity contribution in [2.24, 2.45) is 11.8 Å². The summed E-state index contributed by atoms with van der Waals surface area (Å²) in [5.74, 6) is 5.69. The number of thioether (sulfide) groups is 2. The fourth-order valence-corrected chi connectivity index (χ4v) is 19.2. The zero-order valence-electron chi connectivity index (χ0n) is 48.0. The summed E-state index contributed by atoms with van der Waals surface area (Å²) in [5.41, 5.74) is 0. The topological polar surface area (TPSA) is 73.9 Å². The Morgan fingerprint density at radius 3 is 1.41 bits per heavy atom. The monoisotopic (exact) mass is 1080 g/mol. The molecule has 0 aromatic heterocycles. The van der Waals surface area contributed by atoms with Crippen molar-refractivity contribution < 1.29 is 23.5 Å². The van der Waals surface area contributed by atoms with E-state index in [2.05, 4.69) is 101 Å². The van der Waals surface area contributed by atoms with E-state index >= 15 is 0 Å². The first kappa shape index (κ1) is 63.1. The molecule has 5 rings (SSSR count). The Balaban J connectivity index is 1.09. The molecule has 0 spiro atoms. The van der Waals surface area contributed by atoms with E-state index in [9.17, 15) is 9.59 Å². The van der Waals surface area contributed by atoms with Gasteiger partial charge in [0, 0.05) is 42.5 Å². The first-order valence-electron chi connectivity index (χ1n) is 31.2. The van der Waals surface area contributed by atoms with E-state index in [1.54, 1.807) is 0 Å². The van der Waals surface area contributed by atoms with Gasteiger partial charge in [-0.25, -0.2) is 0 Å². The molecule has 74 heavy (non-hydrogen) atoms. The number of hydrogen-bond donors (Lipinski definition) is 1. The van der Waals surface area contributed by atoms with Gasteiger partial charge in [0.05, 0.1) is 0 Å². The molecule has 420 valence electrons. The lowest BCUT2D eigenvalue weighted by Crippen LogP contribution is -2.69. The summed E-state index contributed by atoms with van der Waals surface area (Å²) >= 11 is 4.02. The van der Waals surface area contributed by atoms with Gasteiger partial charge in [0.2, 0.25) is 0 Å². The highest BCUT2D eigenvalue weighted by Crippen LogP contribution is 2.40. The third-order valence-corrected chi connectivity index (χ3v) is 24.4. The fourth-order valence-electron chi connectivity index (χ4n) is 12.4. The molecule has 9 heteroatoms. The molecule has 0 radical (unpaired) electrons. The number of carbonyl (C=O) groups is 2. The third kappa shape index (κ3) is 24.1. The summed E-state index contributed by atoms with van der Waals surface area (Å²) in [6.07, 6.45) is 40.7. The molecule has 2 aromatic carbocycles. The molecule has 3 aliphatic carbocycles. The van der Waals surface area contributed by atoms with Crippen LogP contribution in [-0.4, -0.2) is 73.7 Å². The van der Waals surface area contributed by atoms with Gasteiger partial charge in [-0.1, -0.05) is 224 Å². The van der Waals surface area contributed by atoms with Crippen LogP contribution < -0.4 is 15.7 Å². The second-order valence-corrected chi connectivity index (χ2v) is 30.8. The Bertz CT molecular complexity index is 1620. The minimum absolute atomic E-state index is 0.0182. The van der Waals surface area contributed by atoms with Crippen LogP contribution in [0.5, 0.6) is 0 Å². The Morgan fingerprint density at radius 1 is 0.568 bits per heavy atom. The predicted octanol–water partition coefficient (Wildman–Crippen LogP) is 17.1. The summed E-state index contributed by atoms with van der Waals surface area (Å²) < 4.78 is 19.9.